The van der Waals surface area contributed by atoms with E-state index < -0.39 is 0 Å². The standard InChI is InChI=1S/C9H13N3/c10-4-1-8-9-7(2-5-11-8)3-6-12-9/h2-3,6,11-12H,1,4-5,10H2. The Labute approximate surface area is 71.0 Å². The summed E-state index contributed by atoms with van der Waals surface area (Å²) in [6, 6.07) is 2.09. The lowest BCUT2D eigenvalue weighted by Gasteiger charge is -2.10. The van der Waals surface area contributed by atoms with Gasteiger partial charge in [0.15, 0.2) is 0 Å². The van der Waals surface area contributed by atoms with Crippen LogP contribution in [0.2, 0.25) is 0 Å². The fraction of sp³-hybridized carbons (Fsp3) is 0.333. The van der Waals surface area contributed by atoms with E-state index in [1.54, 1.807) is 0 Å². The Kier molecular flexibility index (Phi) is 1.87. The van der Waals surface area contributed by atoms with Gasteiger partial charge in [-0.15, -0.1) is 0 Å². The predicted octanol–water partition coefficient (Wildman–Crippen LogP) is -1.14. The summed E-state index contributed by atoms with van der Waals surface area (Å²) in [6.45, 7) is 1.61. The molecule has 0 aliphatic carbocycles. The number of aromatic nitrogens is 1. The van der Waals surface area contributed by atoms with E-state index in [0.717, 1.165) is 13.0 Å². The molecule has 0 saturated carbocycles. The average Bonchev–Trinajstić information content (AvgIpc) is 2.53. The van der Waals surface area contributed by atoms with E-state index in [2.05, 4.69) is 22.4 Å². The molecule has 0 spiro atoms. The lowest BCUT2D eigenvalue weighted by molar-refractivity contribution is 0.889. The molecule has 0 atom stereocenters. The molecule has 2 heterocycles. The quantitative estimate of drug-likeness (QED) is 0.516. The van der Waals surface area contributed by atoms with Crippen molar-refractivity contribution in [3.8, 4) is 0 Å². The first-order valence-corrected chi connectivity index (χ1v) is 4.22. The van der Waals surface area contributed by atoms with E-state index in [0.29, 0.717) is 6.54 Å². The van der Waals surface area contributed by atoms with Crippen molar-refractivity contribution in [1.82, 2.24) is 10.3 Å². The second-order valence-corrected chi connectivity index (χ2v) is 2.91. The molecule has 1 aliphatic heterocycles. The maximum Gasteiger partial charge on any atom is 0.0644 e. The third-order valence-electron chi connectivity index (χ3n) is 2.11. The zero-order valence-corrected chi connectivity index (χ0v) is 6.93. The van der Waals surface area contributed by atoms with Gasteiger partial charge in [-0.25, -0.2) is 0 Å². The number of H-pyrrole nitrogens is 1. The topological polar surface area (TPSA) is 53.8 Å². The summed E-state index contributed by atoms with van der Waals surface area (Å²) in [5, 5.41) is 5.80. The molecule has 12 heavy (non-hydrogen) atoms. The molecule has 64 valence electrons. The first kappa shape index (κ1) is 7.43. The van der Waals surface area contributed by atoms with E-state index in [4.69, 9.17) is 5.73 Å². The second-order valence-electron chi connectivity index (χ2n) is 2.91. The monoisotopic (exact) mass is 163 g/mol. The highest BCUT2D eigenvalue weighted by Gasteiger charge is 2.02. The number of hydrogen-bond acceptors (Lipinski definition) is 2. The largest absolute Gasteiger partial charge is 0.383 e. The van der Waals surface area contributed by atoms with Crippen LogP contribution in [0.5, 0.6) is 0 Å². The maximum absolute atomic E-state index is 5.50. The van der Waals surface area contributed by atoms with Crippen molar-refractivity contribution in [2.75, 3.05) is 13.1 Å². The van der Waals surface area contributed by atoms with E-state index in [1.165, 1.54) is 16.3 Å². The average molecular weight is 163 g/mol. The van der Waals surface area contributed by atoms with Gasteiger partial charge < -0.3 is 16.0 Å². The molecule has 1 aliphatic rings. The van der Waals surface area contributed by atoms with E-state index in [9.17, 15) is 0 Å². The minimum absolute atomic E-state index is 0.695. The highest BCUT2D eigenvalue weighted by Crippen LogP contribution is 1.93. The summed E-state index contributed by atoms with van der Waals surface area (Å²) >= 11 is 0. The highest BCUT2D eigenvalue weighted by molar-refractivity contribution is 5.48. The summed E-state index contributed by atoms with van der Waals surface area (Å²) in [6.07, 6.45) is 5.05. The molecule has 0 unspecified atom stereocenters. The van der Waals surface area contributed by atoms with Gasteiger partial charge >= 0.3 is 0 Å². The fourth-order valence-corrected chi connectivity index (χ4v) is 1.54. The van der Waals surface area contributed by atoms with Crippen molar-refractivity contribution in [2.45, 2.75) is 6.42 Å². The van der Waals surface area contributed by atoms with Gasteiger partial charge in [0.1, 0.15) is 0 Å². The number of hydrogen-bond donors (Lipinski definition) is 3. The van der Waals surface area contributed by atoms with Crippen LogP contribution in [-0.2, 0) is 0 Å². The van der Waals surface area contributed by atoms with Crippen molar-refractivity contribution < 1.29 is 0 Å². The van der Waals surface area contributed by atoms with Crippen LogP contribution in [0.3, 0.4) is 0 Å². The summed E-state index contributed by atoms with van der Waals surface area (Å²) in [7, 11) is 0. The second kappa shape index (κ2) is 3.03. The van der Waals surface area contributed by atoms with Crippen molar-refractivity contribution in [2.24, 2.45) is 5.73 Å². The van der Waals surface area contributed by atoms with Gasteiger partial charge in [-0.2, -0.15) is 0 Å². The maximum atomic E-state index is 5.50. The predicted molar refractivity (Wildman–Crippen MR) is 49.6 cm³/mol. The number of aromatic amines is 1. The van der Waals surface area contributed by atoms with E-state index in [1.807, 2.05) is 6.20 Å². The molecule has 0 amide bonds. The van der Waals surface area contributed by atoms with Crippen molar-refractivity contribution >= 4 is 11.8 Å². The Hall–Kier alpha value is -1.22. The Balaban J connectivity index is 2.56. The van der Waals surface area contributed by atoms with Crippen molar-refractivity contribution in [1.29, 1.82) is 0 Å². The zero-order valence-electron chi connectivity index (χ0n) is 6.93. The van der Waals surface area contributed by atoms with Crippen molar-refractivity contribution in [3.05, 3.63) is 22.8 Å². The molecular formula is C9H13N3. The minimum Gasteiger partial charge on any atom is -0.383 e. The number of fused-ring (bicyclic) bond motifs is 1. The lowest BCUT2D eigenvalue weighted by Crippen LogP contribution is -2.37. The van der Waals surface area contributed by atoms with Crippen LogP contribution >= 0.6 is 0 Å². The molecule has 0 aromatic carbocycles. The van der Waals surface area contributed by atoms with Crippen LogP contribution in [0.1, 0.15) is 6.42 Å². The molecular weight excluding hydrogens is 150 g/mol. The molecule has 2 rings (SSSR count). The number of rotatable bonds is 2. The molecule has 0 radical (unpaired) electrons. The smallest absolute Gasteiger partial charge is 0.0644 e. The number of nitrogens with two attached hydrogens (primary N) is 1. The molecule has 1 aromatic heterocycles. The molecule has 0 saturated heterocycles. The molecule has 0 bridgehead atoms. The van der Waals surface area contributed by atoms with Gasteiger partial charge in [-0.05, 0) is 17.8 Å². The van der Waals surface area contributed by atoms with Crippen LogP contribution in [0.15, 0.2) is 12.3 Å². The minimum atomic E-state index is 0.695. The van der Waals surface area contributed by atoms with Gasteiger partial charge in [0.25, 0.3) is 0 Å². The third kappa shape index (κ3) is 1.12. The molecule has 4 N–H and O–H groups in total. The van der Waals surface area contributed by atoms with Crippen LogP contribution in [0.25, 0.3) is 11.8 Å². The molecule has 3 nitrogen and oxygen atoms in total. The molecule has 1 aromatic rings. The van der Waals surface area contributed by atoms with Crippen LogP contribution in [0.4, 0.5) is 0 Å². The highest BCUT2D eigenvalue weighted by atomic mass is 14.9. The van der Waals surface area contributed by atoms with Crippen LogP contribution in [-0.4, -0.2) is 18.1 Å². The van der Waals surface area contributed by atoms with Crippen molar-refractivity contribution in [3.63, 3.8) is 0 Å². The molecule has 0 fully saturated rings. The molecule has 3 heteroatoms. The first-order chi connectivity index (χ1) is 5.92. The van der Waals surface area contributed by atoms with Gasteiger partial charge in [0.2, 0.25) is 0 Å². The van der Waals surface area contributed by atoms with E-state index >= 15 is 0 Å². The van der Waals surface area contributed by atoms with Crippen LogP contribution in [0, 0.1) is 0 Å². The summed E-state index contributed by atoms with van der Waals surface area (Å²) < 4.78 is 0. The summed E-state index contributed by atoms with van der Waals surface area (Å²) in [5.74, 6) is 0. The SMILES string of the molecule is NCCC1=c2[nH]ccc2=CCN1. The fourth-order valence-electron chi connectivity index (χ4n) is 1.54. The Morgan fingerprint density at radius 3 is 3.25 bits per heavy atom. The Morgan fingerprint density at radius 1 is 1.50 bits per heavy atom. The third-order valence-corrected chi connectivity index (χ3v) is 2.11. The Bertz CT molecular complexity index is 375. The number of nitrogens with one attached hydrogen (secondary N) is 2. The lowest BCUT2D eigenvalue weighted by atomic mass is 10.2. The zero-order chi connectivity index (χ0) is 8.39. The summed E-state index contributed by atoms with van der Waals surface area (Å²) in [5.41, 5.74) is 6.74. The Morgan fingerprint density at radius 2 is 2.42 bits per heavy atom. The van der Waals surface area contributed by atoms with Gasteiger partial charge in [0.05, 0.1) is 5.35 Å². The van der Waals surface area contributed by atoms with Gasteiger partial charge in [-0.3, -0.25) is 0 Å². The van der Waals surface area contributed by atoms with Crippen LogP contribution < -0.4 is 21.6 Å². The van der Waals surface area contributed by atoms with Gasteiger partial charge in [-0.1, -0.05) is 6.08 Å². The van der Waals surface area contributed by atoms with E-state index in [-0.39, 0.29) is 0 Å². The first-order valence-electron chi connectivity index (χ1n) is 4.22. The summed E-state index contributed by atoms with van der Waals surface area (Å²) in [4.78, 5) is 3.21. The van der Waals surface area contributed by atoms with Gasteiger partial charge in [0, 0.05) is 24.9 Å². The normalized spacial score (nSPS) is 14.9.